The molecule has 1 aromatic heterocycles. The highest BCUT2D eigenvalue weighted by Gasteiger charge is 2.28. The van der Waals surface area contributed by atoms with E-state index in [0.29, 0.717) is 6.54 Å². The Bertz CT molecular complexity index is 612. The summed E-state index contributed by atoms with van der Waals surface area (Å²) < 4.78 is 2.09. The fourth-order valence-corrected chi connectivity index (χ4v) is 2.52. The Morgan fingerprint density at radius 2 is 2.18 bits per heavy atom. The number of hydrogen-bond acceptors (Lipinski definition) is 1. The summed E-state index contributed by atoms with van der Waals surface area (Å²) in [6.45, 7) is 4.56. The van der Waals surface area contributed by atoms with Gasteiger partial charge >= 0.3 is 0 Å². The van der Waals surface area contributed by atoms with Gasteiger partial charge in [0, 0.05) is 24.5 Å². The topological polar surface area (TPSA) is 25.2 Å². The van der Waals surface area contributed by atoms with Crippen molar-refractivity contribution < 1.29 is 4.79 Å². The number of benzene rings is 1. The van der Waals surface area contributed by atoms with E-state index in [9.17, 15) is 4.79 Å². The van der Waals surface area contributed by atoms with Gasteiger partial charge in [0.15, 0.2) is 0 Å². The maximum Gasteiger partial charge on any atom is 0.270 e. The van der Waals surface area contributed by atoms with Crippen LogP contribution in [0.25, 0.3) is 10.9 Å². The molecule has 0 radical (unpaired) electrons. The van der Waals surface area contributed by atoms with E-state index in [4.69, 9.17) is 0 Å². The first kappa shape index (κ1) is 10.1. The van der Waals surface area contributed by atoms with Crippen molar-refractivity contribution in [3.63, 3.8) is 0 Å². The monoisotopic (exact) mass is 226 g/mol. The molecule has 0 unspecified atom stereocenters. The average Bonchev–Trinajstić information content (AvgIpc) is 2.73. The van der Waals surface area contributed by atoms with Crippen LogP contribution >= 0.6 is 0 Å². The minimum absolute atomic E-state index is 0.0827. The van der Waals surface area contributed by atoms with Crippen LogP contribution in [0.1, 0.15) is 16.5 Å². The van der Waals surface area contributed by atoms with E-state index in [1.807, 2.05) is 43.5 Å². The van der Waals surface area contributed by atoms with Crippen molar-refractivity contribution in [2.75, 3.05) is 13.6 Å². The second kappa shape index (κ2) is 3.48. The first-order valence-electron chi connectivity index (χ1n) is 5.70. The second-order valence-corrected chi connectivity index (χ2v) is 4.45. The van der Waals surface area contributed by atoms with E-state index in [-0.39, 0.29) is 11.9 Å². The maximum atomic E-state index is 12.1. The van der Waals surface area contributed by atoms with Crippen LogP contribution in [0.4, 0.5) is 0 Å². The quantitative estimate of drug-likeness (QED) is 0.686. The molecular weight excluding hydrogens is 212 g/mol. The lowest BCUT2D eigenvalue weighted by atomic mass is 10.2. The van der Waals surface area contributed by atoms with Crippen LogP contribution in [0, 0.1) is 0 Å². The SMILES string of the molecule is C=C[C@H]1CN(C)C(=O)c2cc3ccccc3n21. The summed E-state index contributed by atoms with van der Waals surface area (Å²) >= 11 is 0. The molecule has 0 spiro atoms. The lowest BCUT2D eigenvalue weighted by Gasteiger charge is -2.31. The molecule has 1 amide bonds. The highest BCUT2D eigenvalue weighted by Crippen LogP contribution is 2.29. The van der Waals surface area contributed by atoms with Crippen LogP contribution in [-0.2, 0) is 0 Å². The summed E-state index contributed by atoms with van der Waals surface area (Å²) in [5, 5.41) is 1.11. The van der Waals surface area contributed by atoms with E-state index < -0.39 is 0 Å². The van der Waals surface area contributed by atoms with Crippen molar-refractivity contribution in [3.05, 3.63) is 48.7 Å². The summed E-state index contributed by atoms with van der Waals surface area (Å²) in [7, 11) is 1.83. The Hall–Kier alpha value is -2.03. The molecule has 3 rings (SSSR count). The lowest BCUT2D eigenvalue weighted by molar-refractivity contribution is 0.0737. The molecule has 1 aliphatic rings. The zero-order valence-corrected chi connectivity index (χ0v) is 9.76. The van der Waals surface area contributed by atoms with Crippen LogP contribution < -0.4 is 0 Å². The predicted octanol–water partition coefficient (Wildman–Crippen LogP) is 2.45. The summed E-state index contributed by atoms with van der Waals surface area (Å²) in [5.74, 6) is 0.0827. The van der Waals surface area contributed by atoms with Gasteiger partial charge in [0.2, 0.25) is 0 Å². The molecule has 2 heterocycles. The highest BCUT2D eigenvalue weighted by molar-refractivity contribution is 5.99. The number of hydrogen-bond donors (Lipinski definition) is 0. The van der Waals surface area contributed by atoms with Crippen molar-refractivity contribution in [1.29, 1.82) is 0 Å². The maximum absolute atomic E-state index is 12.1. The molecule has 17 heavy (non-hydrogen) atoms. The summed E-state index contributed by atoms with van der Waals surface area (Å²) in [4.78, 5) is 13.9. The number of nitrogens with zero attached hydrogens (tertiary/aromatic N) is 2. The average molecular weight is 226 g/mol. The third kappa shape index (κ3) is 1.32. The molecule has 0 bridgehead atoms. The van der Waals surface area contributed by atoms with Crippen LogP contribution in [-0.4, -0.2) is 29.0 Å². The molecule has 2 aromatic rings. The molecule has 1 aromatic carbocycles. The standard InChI is InChI=1S/C14H14N2O/c1-3-11-9-15(2)14(17)13-8-10-6-4-5-7-12(10)16(11)13/h3-8,11H,1,9H2,2H3/t11-/m0/s1. The van der Waals surface area contributed by atoms with Crippen molar-refractivity contribution >= 4 is 16.8 Å². The normalized spacial score (nSPS) is 19.5. The number of rotatable bonds is 1. The molecule has 0 aliphatic carbocycles. The molecule has 3 heteroatoms. The molecule has 0 saturated carbocycles. The molecule has 1 atom stereocenters. The Labute approximate surface area is 99.9 Å². The molecule has 0 saturated heterocycles. The minimum Gasteiger partial charge on any atom is -0.338 e. The van der Waals surface area contributed by atoms with Crippen molar-refractivity contribution in [2.24, 2.45) is 0 Å². The van der Waals surface area contributed by atoms with Gasteiger partial charge in [-0.25, -0.2) is 0 Å². The predicted molar refractivity (Wildman–Crippen MR) is 68.1 cm³/mol. The summed E-state index contributed by atoms with van der Waals surface area (Å²) in [6.07, 6.45) is 1.90. The van der Waals surface area contributed by atoms with Gasteiger partial charge in [-0.3, -0.25) is 4.79 Å². The van der Waals surface area contributed by atoms with Crippen molar-refractivity contribution in [3.8, 4) is 0 Å². The summed E-state index contributed by atoms with van der Waals surface area (Å²) in [6, 6.07) is 10.2. The van der Waals surface area contributed by atoms with Gasteiger partial charge in [-0.15, -0.1) is 6.58 Å². The highest BCUT2D eigenvalue weighted by atomic mass is 16.2. The molecule has 86 valence electrons. The van der Waals surface area contributed by atoms with E-state index >= 15 is 0 Å². The van der Waals surface area contributed by atoms with Crippen LogP contribution in [0.15, 0.2) is 43.0 Å². The number of fused-ring (bicyclic) bond motifs is 3. The fourth-order valence-electron chi connectivity index (χ4n) is 2.52. The summed E-state index contributed by atoms with van der Waals surface area (Å²) in [5.41, 5.74) is 1.86. The van der Waals surface area contributed by atoms with Gasteiger partial charge in [0.05, 0.1) is 6.04 Å². The van der Waals surface area contributed by atoms with Crippen LogP contribution in [0.5, 0.6) is 0 Å². The van der Waals surface area contributed by atoms with E-state index in [1.165, 1.54) is 0 Å². The van der Waals surface area contributed by atoms with Crippen molar-refractivity contribution in [2.45, 2.75) is 6.04 Å². The number of likely N-dealkylation sites (N-methyl/N-ethyl adjacent to an activating group) is 1. The Morgan fingerprint density at radius 3 is 2.94 bits per heavy atom. The van der Waals surface area contributed by atoms with Gasteiger partial charge in [-0.2, -0.15) is 0 Å². The zero-order valence-electron chi connectivity index (χ0n) is 9.76. The first-order valence-corrected chi connectivity index (χ1v) is 5.70. The third-order valence-electron chi connectivity index (χ3n) is 3.38. The number of carbonyl (C=O) groups excluding carboxylic acids is 1. The third-order valence-corrected chi connectivity index (χ3v) is 3.38. The second-order valence-electron chi connectivity index (χ2n) is 4.45. The molecule has 0 fully saturated rings. The number of aromatic nitrogens is 1. The van der Waals surface area contributed by atoms with Crippen molar-refractivity contribution in [1.82, 2.24) is 9.47 Å². The largest absolute Gasteiger partial charge is 0.338 e. The van der Waals surface area contributed by atoms with Crippen LogP contribution in [0.3, 0.4) is 0 Å². The van der Waals surface area contributed by atoms with E-state index in [1.54, 1.807) is 4.90 Å². The van der Waals surface area contributed by atoms with Gasteiger partial charge in [0.25, 0.3) is 5.91 Å². The van der Waals surface area contributed by atoms with E-state index in [2.05, 4.69) is 11.1 Å². The smallest absolute Gasteiger partial charge is 0.270 e. The number of para-hydroxylation sites is 1. The van der Waals surface area contributed by atoms with Gasteiger partial charge in [0.1, 0.15) is 5.69 Å². The number of amides is 1. The molecular formula is C14H14N2O. The number of carbonyl (C=O) groups is 1. The Morgan fingerprint density at radius 1 is 1.41 bits per heavy atom. The van der Waals surface area contributed by atoms with Gasteiger partial charge < -0.3 is 9.47 Å². The van der Waals surface area contributed by atoms with Gasteiger partial charge in [-0.05, 0) is 12.1 Å². The molecule has 3 nitrogen and oxygen atoms in total. The first-order chi connectivity index (χ1) is 8.22. The lowest BCUT2D eigenvalue weighted by Crippen LogP contribution is -2.39. The molecule has 0 N–H and O–H groups in total. The Balaban J connectivity index is 2.34. The minimum atomic E-state index is 0.0827. The fraction of sp³-hybridized carbons (Fsp3) is 0.214. The van der Waals surface area contributed by atoms with E-state index in [0.717, 1.165) is 16.6 Å². The van der Waals surface area contributed by atoms with Crippen LogP contribution in [0.2, 0.25) is 0 Å². The zero-order chi connectivity index (χ0) is 12.0. The molecule has 1 aliphatic heterocycles. The Kier molecular flexibility index (Phi) is 2.08. The van der Waals surface area contributed by atoms with Gasteiger partial charge in [-0.1, -0.05) is 24.3 Å².